The number of allylic oxidation sites excluding steroid dienone is 3. The molecule has 1 N–H and O–H groups in total. The standard InChI is InChI=1S/C21H32O/c1-4-14-6-8-18-17-7-5-15-13-16(22)9-11-21(15,3)19(17)10-12-20(14,18)2/h5-6,16-19,22H,4,7-13H2,1-3H3/t16-,17?,18?,19?,20?,21?/m0/s1. The van der Waals surface area contributed by atoms with Crippen molar-refractivity contribution in [2.75, 3.05) is 0 Å². The third-order valence-electron chi connectivity index (χ3n) is 8.20. The topological polar surface area (TPSA) is 20.2 Å². The molecule has 0 bridgehead atoms. The highest BCUT2D eigenvalue weighted by molar-refractivity contribution is 5.29. The molecule has 2 saturated carbocycles. The molecule has 6 atom stereocenters. The fraction of sp³-hybridized carbons (Fsp3) is 0.810. The van der Waals surface area contributed by atoms with Gasteiger partial charge in [0.25, 0.3) is 0 Å². The molecule has 0 aromatic carbocycles. The Morgan fingerprint density at radius 1 is 1.05 bits per heavy atom. The lowest BCUT2D eigenvalue weighted by molar-refractivity contribution is -0.0299. The smallest absolute Gasteiger partial charge is 0.0577 e. The summed E-state index contributed by atoms with van der Waals surface area (Å²) in [5.74, 6) is 2.62. The van der Waals surface area contributed by atoms with Crippen molar-refractivity contribution < 1.29 is 5.11 Å². The van der Waals surface area contributed by atoms with Crippen LogP contribution in [-0.4, -0.2) is 11.2 Å². The van der Waals surface area contributed by atoms with E-state index in [1.165, 1.54) is 38.5 Å². The van der Waals surface area contributed by atoms with Crippen molar-refractivity contribution >= 4 is 0 Å². The summed E-state index contributed by atoms with van der Waals surface area (Å²) in [6.45, 7) is 7.42. The van der Waals surface area contributed by atoms with Crippen LogP contribution in [-0.2, 0) is 0 Å². The highest BCUT2D eigenvalue weighted by Gasteiger charge is 2.56. The zero-order valence-electron chi connectivity index (χ0n) is 14.6. The Morgan fingerprint density at radius 3 is 2.59 bits per heavy atom. The molecule has 0 radical (unpaired) electrons. The summed E-state index contributed by atoms with van der Waals surface area (Å²) in [6.07, 6.45) is 14.8. The quantitative estimate of drug-likeness (QED) is 0.655. The number of hydrogen-bond acceptors (Lipinski definition) is 1. The molecule has 0 aromatic heterocycles. The predicted molar refractivity (Wildman–Crippen MR) is 91.5 cm³/mol. The zero-order chi connectivity index (χ0) is 15.5. The maximum Gasteiger partial charge on any atom is 0.0577 e. The molecule has 4 aliphatic carbocycles. The highest BCUT2D eigenvalue weighted by Crippen LogP contribution is 2.65. The minimum Gasteiger partial charge on any atom is -0.393 e. The van der Waals surface area contributed by atoms with Crippen molar-refractivity contribution in [2.24, 2.45) is 28.6 Å². The summed E-state index contributed by atoms with van der Waals surface area (Å²) in [4.78, 5) is 0. The zero-order valence-corrected chi connectivity index (χ0v) is 14.6. The van der Waals surface area contributed by atoms with E-state index in [2.05, 4.69) is 32.9 Å². The van der Waals surface area contributed by atoms with Crippen molar-refractivity contribution in [2.45, 2.75) is 78.2 Å². The van der Waals surface area contributed by atoms with Gasteiger partial charge in [0, 0.05) is 0 Å². The summed E-state index contributed by atoms with van der Waals surface area (Å²) in [7, 11) is 0. The van der Waals surface area contributed by atoms with Gasteiger partial charge in [-0.05, 0) is 80.0 Å². The lowest BCUT2D eigenvalue weighted by atomic mass is 9.47. The Kier molecular flexibility index (Phi) is 3.39. The molecule has 0 aliphatic heterocycles. The Hall–Kier alpha value is -0.560. The number of aliphatic hydroxyl groups is 1. The normalized spacial score (nSPS) is 50.5. The van der Waals surface area contributed by atoms with Gasteiger partial charge >= 0.3 is 0 Å². The first-order valence-electron chi connectivity index (χ1n) is 9.56. The summed E-state index contributed by atoms with van der Waals surface area (Å²) < 4.78 is 0. The van der Waals surface area contributed by atoms with Crippen molar-refractivity contribution in [1.82, 2.24) is 0 Å². The fourth-order valence-electron chi connectivity index (χ4n) is 6.85. The summed E-state index contributed by atoms with van der Waals surface area (Å²) in [5, 5.41) is 10.1. The van der Waals surface area contributed by atoms with Gasteiger partial charge in [-0.1, -0.05) is 44.1 Å². The molecule has 0 heterocycles. The van der Waals surface area contributed by atoms with Crippen molar-refractivity contribution in [1.29, 1.82) is 0 Å². The minimum atomic E-state index is -0.0791. The SMILES string of the molecule is CCC1=CCC2C3CC=C4C[C@@H](O)CCC4(C)C3CCC12C. The Morgan fingerprint density at radius 2 is 1.82 bits per heavy atom. The maximum atomic E-state index is 10.1. The minimum absolute atomic E-state index is 0.0791. The first kappa shape index (κ1) is 15.0. The second-order valence-electron chi connectivity index (χ2n) is 8.93. The molecule has 0 spiro atoms. The van der Waals surface area contributed by atoms with Crippen LogP contribution in [0.1, 0.15) is 72.1 Å². The van der Waals surface area contributed by atoms with Crippen LogP contribution in [0.5, 0.6) is 0 Å². The molecule has 122 valence electrons. The number of hydrogen-bond donors (Lipinski definition) is 1. The van der Waals surface area contributed by atoms with E-state index in [0.717, 1.165) is 30.6 Å². The van der Waals surface area contributed by atoms with Gasteiger partial charge < -0.3 is 5.11 Å². The molecule has 1 nitrogen and oxygen atoms in total. The predicted octanol–water partition coefficient (Wildman–Crippen LogP) is 5.26. The third-order valence-corrected chi connectivity index (χ3v) is 8.20. The first-order valence-corrected chi connectivity index (χ1v) is 9.56. The largest absolute Gasteiger partial charge is 0.393 e. The van der Waals surface area contributed by atoms with E-state index in [-0.39, 0.29) is 6.10 Å². The molecule has 0 aromatic rings. The second kappa shape index (κ2) is 4.97. The fourth-order valence-corrected chi connectivity index (χ4v) is 6.85. The van der Waals surface area contributed by atoms with Crippen LogP contribution >= 0.6 is 0 Å². The van der Waals surface area contributed by atoms with Crippen LogP contribution in [0.4, 0.5) is 0 Å². The van der Waals surface area contributed by atoms with Gasteiger partial charge in [0.15, 0.2) is 0 Å². The number of aliphatic hydroxyl groups excluding tert-OH is 1. The van der Waals surface area contributed by atoms with Gasteiger partial charge in [-0.15, -0.1) is 0 Å². The van der Waals surface area contributed by atoms with E-state index in [0.29, 0.717) is 10.8 Å². The lowest BCUT2D eigenvalue weighted by Crippen LogP contribution is -2.49. The van der Waals surface area contributed by atoms with E-state index in [1.54, 1.807) is 11.1 Å². The first-order chi connectivity index (χ1) is 10.5. The Bertz CT molecular complexity index is 530. The molecule has 0 saturated heterocycles. The second-order valence-corrected chi connectivity index (χ2v) is 8.93. The Balaban J connectivity index is 1.66. The molecule has 2 fully saturated rings. The van der Waals surface area contributed by atoms with Gasteiger partial charge in [-0.2, -0.15) is 0 Å². The van der Waals surface area contributed by atoms with Gasteiger partial charge in [0.2, 0.25) is 0 Å². The monoisotopic (exact) mass is 300 g/mol. The van der Waals surface area contributed by atoms with E-state index in [1.807, 2.05) is 0 Å². The highest BCUT2D eigenvalue weighted by atomic mass is 16.3. The van der Waals surface area contributed by atoms with Crippen LogP contribution in [0.15, 0.2) is 23.3 Å². The Labute approximate surface area is 135 Å². The van der Waals surface area contributed by atoms with Crippen LogP contribution in [0, 0.1) is 28.6 Å². The van der Waals surface area contributed by atoms with E-state index in [9.17, 15) is 5.11 Å². The van der Waals surface area contributed by atoms with E-state index < -0.39 is 0 Å². The maximum absolute atomic E-state index is 10.1. The average Bonchev–Trinajstić information content (AvgIpc) is 2.84. The van der Waals surface area contributed by atoms with Crippen molar-refractivity contribution in [3.8, 4) is 0 Å². The van der Waals surface area contributed by atoms with Gasteiger partial charge in [-0.3, -0.25) is 0 Å². The van der Waals surface area contributed by atoms with Gasteiger partial charge in [0.05, 0.1) is 6.10 Å². The molecule has 4 rings (SSSR count). The van der Waals surface area contributed by atoms with Gasteiger partial charge in [-0.25, -0.2) is 0 Å². The van der Waals surface area contributed by atoms with Crippen molar-refractivity contribution in [3.63, 3.8) is 0 Å². The molecular formula is C21H32O. The number of fused-ring (bicyclic) bond motifs is 5. The molecule has 0 amide bonds. The molecule has 4 aliphatic rings. The van der Waals surface area contributed by atoms with Gasteiger partial charge in [0.1, 0.15) is 0 Å². The number of rotatable bonds is 1. The molecular weight excluding hydrogens is 268 g/mol. The molecule has 22 heavy (non-hydrogen) atoms. The van der Waals surface area contributed by atoms with E-state index >= 15 is 0 Å². The van der Waals surface area contributed by atoms with Crippen LogP contribution < -0.4 is 0 Å². The van der Waals surface area contributed by atoms with Crippen LogP contribution in [0.25, 0.3) is 0 Å². The lowest BCUT2D eigenvalue weighted by Gasteiger charge is -2.57. The average molecular weight is 300 g/mol. The summed E-state index contributed by atoms with van der Waals surface area (Å²) >= 11 is 0. The molecule has 5 unspecified atom stereocenters. The summed E-state index contributed by atoms with van der Waals surface area (Å²) in [5.41, 5.74) is 4.22. The van der Waals surface area contributed by atoms with Crippen LogP contribution in [0.2, 0.25) is 0 Å². The van der Waals surface area contributed by atoms with Crippen LogP contribution in [0.3, 0.4) is 0 Å². The van der Waals surface area contributed by atoms with E-state index in [4.69, 9.17) is 0 Å². The van der Waals surface area contributed by atoms with Crippen molar-refractivity contribution in [3.05, 3.63) is 23.3 Å². The molecule has 1 heteroatoms. The third kappa shape index (κ3) is 1.87. The summed E-state index contributed by atoms with van der Waals surface area (Å²) in [6, 6.07) is 0.